The van der Waals surface area contributed by atoms with Gasteiger partial charge in [-0.2, -0.15) is 0 Å². The summed E-state index contributed by atoms with van der Waals surface area (Å²) in [5.41, 5.74) is 5.39. The number of hydrogen-bond donors (Lipinski definition) is 2. The van der Waals surface area contributed by atoms with Crippen molar-refractivity contribution in [2.45, 2.75) is 26.8 Å². The molecule has 0 saturated heterocycles. The molecule has 0 aliphatic rings. The largest absolute Gasteiger partial charge is 0.380 e. The zero-order valence-corrected chi connectivity index (χ0v) is 12.0. The van der Waals surface area contributed by atoms with E-state index in [9.17, 15) is 4.57 Å². The van der Waals surface area contributed by atoms with Crippen molar-refractivity contribution in [1.82, 2.24) is 5.09 Å². The lowest BCUT2D eigenvalue weighted by atomic mass is 10.4. The Morgan fingerprint density at radius 1 is 1.44 bits per heavy atom. The Morgan fingerprint density at radius 3 is 2.62 bits per heavy atom. The average molecular weight is 270 g/mol. The zero-order valence-electron chi connectivity index (χ0n) is 10.3. The third kappa shape index (κ3) is 7.65. The van der Waals surface area contributed by atoms with Crippen molar-refractivity contribution in [2.24, 2.45) is 5.73 Å². The second kappa shape index (κ2) is 9.45. The second-order valence-corrected chi connectivity index (χ2v) is 7.62. The molecule has 0 saturated carbocycles. The molecule has 0 spiro atoms. The zero-order chi connectivity index (χ0) is 12.4. The summed E-state index contributed by atoms with van der Waals surface area (Å²) in [5, 5.41) is 2.98. The van der Waals surface area contributed by atoms with Gasteiger partial charge in [-0.15, -0.1) is 0 Å². The maximum Gasteiger partial charge on any atom is 0.326 e. The highest BCUT2D eigenvalue weighted by molar-refractivity contribution is 8.56. The third-order valence-corrected chi connectivity index (χ3v) is 5.94. The fourth-order valence-corrected chi connectivity index (χ4v) is 4.92. The van der Waals surface area contributed by atoms with Gasteiger partial charge >= 0.3 is 6.72 Å². The maximum absolute atomic E-state index is 12.3. The van der Waals surface area contributed by atoms with E-state index < -0.39 is 6.72 Å². The topological polar surface area (TPSA) is 73.6 Å². The van der Waals surface area contributed by atoms with Gasteiger partial charge in [0.25, 0.3) is 0 Å². The van der Waals surface area contributed by atoms with Crippen molar-refractivity contribution in [1.29, 1.82) is 0 Å². The van der Waals surface area contributed by atoms with Crippen molar-refractivity contribution in [3.05, 3.63) is 0 Å². The van der Waals surface area contributed by atoms with Gasteiger partial charge in [0, 0.05) is 24.9 Å². The molecule has 0 rings (SSSR count). The molecule has 0 amide bonds. The molecule has 0 aromatic carbocycles. The first-order chi connectivity index (χ1) is 7.58. The van der Waals surface area contributed by atoms with Crippen LogP contribution < -0.4 is 10.8 Å². The van der Waals surface area contributed by atoms with Crippen molar-refractivity contribution in [2.75, 3.05) is 32.1 Å². The van der Waals surface area contributed by atoms with Gasteiger partial charge in [-0.1, -0.05) is 11.4 Å². The molecule has 0 aliphatic carbocycles. The molecule has 0 bridgehead atoms. The Kier molecular flexibility index (Phi) is 9.70. The number of rotatable bonds is 10. The molecule has 98 valence electrons. The van der Waals surface area contributed by atoms with Crippen LogP contribution in [-0.4, -0.2) is 38.2 Å². The van der Waals surface area contributed by atoms with E-state index in [1.54, 1.807) is 0 Å². The Morgan fingerprint density at radius 2 is 2.12 bits per heavy atom. The fraction of sp³-hybridized carbons (Fsp3) is 1.00. The summed E-state index contributed by atoms with van der Waals surface area (Å²) in [5.74, 6) is 0.617. The van der Waals surface area contributed by atoms with Crippen molar-refractivity contribution < 1.29 is 13.8 Å². The van der Waals surface area contributed by atoms with Crippen LogP contribution in [0.15, 0.2) is 0 Å². The van der Waals surface area contributed by atoms with Crippen LogP contribution >= 0.6 is 18.1 Å². The summed E-state index contributed by atoms with van der Waals surface area (Å²) in [6.45, 7) is 4.94. The lowest BCUT2D eigenvalue weighted by molar-refractivity contribution is 0.132. The Balaban J connectivity index is 4.13. The summed E-state index contributed by atoms with van der Waals surface area (Å²) < 4.78 is 22.8. The van der Waals surface area contributed by atoms with E-state index >= 15 is 0 Å². The minimum Gasteiger partial charge on any atom is -0.380 e. The molecule has 0 fully saturated rings. The highest BCUT2D eigenvalue weighted by Crippen LogP contribution is 2.55. The van der Waals surface area contributed by atoms with Gasteiger partial charge in [-0.25, -0.2) is 5.09 Å². The van der Waals surface area contributed by atoms with Crippen LogP contribution in [0.2, 0.25) is 0 Å². The summed E-state index contributed by atoms with van der Waals surface area (Å²) in [4.78, 5) is 0. The van der Waals surface area contributed by atoms with Gasteiger partial charge in [0.1, 0.15) is 0 Å². The van der Waals surface area contributed by atoms with Crippen LogP contribution in [0.3, 0.4) is 0 Å². The second-order valence-electron chi connectivity index (χ2n) is 3.23. The molecule has 0 heterocycles. The van der Waals surface area contributed by atoms with Gasteiger partial charge < -0.3 is 15.0 Å². The van der Waals surface area contributed by atoms with Gasteiger partial charge in [0.2, 0.25) is 0 Å². The molecule has 5 nitrogen and oxygen atoms in total. The lowest BCUT2D eigenvalue weighted by Crippen LogP contribution is -2.28. The molecular formula is C9H23N2O3PS. The van der Waals surface area contributed by atoms with Crippen molar-refractivity contribution in [3.63, 3.8) is 0 Å². The van der Waals surface area contributed by atoms with Crippen LogP contribution in [0.25, 0.3) is 0 Å². The number of nitrogens with two attached hydrogens (primary N) is 1. The summed E-state index contributed by atoms with van der Waals surface area (Å²) in [7, 11) is 0. The summed E-state index contributed by atoms with van der Waals surface area (Å²) in [6, 6.07) is 0.00241. The van der Waals surface area contributed by atoms with E-state index in [0.717, 1.165) is 0 Å². The molecule has 1 unspecified atom stereocenters. The first-order valence-electron chi connectivity index (χ1n) is 5.52. The Labute approximate surface area is 102 Å². The molecule has 0 aromatic rings. The van der Waals surface area contributed by atoms with Gasteiger partial charge in [-0.05, 0) is 20.8 Å². The highest BCUT2D eigenvalue weighted by atomic mass is 32.7. The number of nitrogens with one attached hydrogen (secondary N) is 1. The van der Waals surface area contributed by atoms with Crippen LogP contribution in [0, 0.1) is 0 Å². The SMILES string of the molecule is CCOC[C@H](C)NP(=O)(OCC)SCCN. The van der Waals surface area contributed by atoms with Crippen LogP contribution in [0.4, 0.5) is 0 Å². The number of ether oxygens (including phenoxy) is 1. The van der Waals surface area contributed by atoms with E-state index in [1.165, 1.54) is 11.4 Å². The Bertz CT molecular complexity index is 219. The molecule has 16 heavy (non-hydrogen) atoms. The maximum atomic E-state index is 12.3. The van der Waals surface area contributed by atoms with Gasteiger partial charge in [0.05, 0.1) is 13.2 Å². The predicted octanol–water partition coefficient (Wildman–Crippen LogP) is 1.84. The molecular weight excluding hydrogens is 247 g/mol. The molecule has 2 atom stereocenters. The monoisotopic (exact) mass is 270 g/mol. The van der Waals surface area contributed by atoms with E-state index in [0.29, 0.717) is 32.1 Å². The highest BCUT2D eigenvalue weighted by Gasteiger charge is 2.25. The van der Waals surface area contributed by atoms with E-state index in [4.69, 9.17) is 15.0 Å². The van der Waals surface area contributed by atoms with Crippen molar-refractivity contribution in [3.8, 4) is 0 Å². The predicted molar refractivity (Wildman–Crippen MR) is 69.8 cm³/mol. The smallest absolute Gasteiger partial charge is 0.326 e. The fourth-order valence-electron chi connectivity index (χ4n) is 1.06. The van der Waals surface area contributed by atoms with Gasteiger partial charge in [0.15, 0.2) is 0 Å². The lowest BCUT2D eigenvalue weighted by Gasteiger charge is -2.22. The van der Waals surface area contributed by atoms with E-state index in [1.807, 2.05) is 20.8 Å². The van der Waals surface area contributed by atoms with Crippen molar-refractivity contribution >= 4 is 18.1 Å². The molecule has 3 N–H and O–H groups in total. The van der Waals surface area contributed by atoms with Gasteiger partial charge in [-0.3, -0.25) is 4.57 Å². The third-order valence-electron chi connectivity index (χ3n) is 1.63. The summed E-state index contributed by atoms with van der Waals surface area (Å²) >= 11 is 1.25. The first kappa shape index (κ1) is 16.4. The van der Waals surface area contributed by atoms with Crippen LogP contribution in [-0.2, 0) is 13.8 Å². The Hall–Kier alpha value is 0.420. The molecule has 0 radical (unpaired) electrons. The first-order valence-corrected chi connectivity index (χ1v) is 8.74. The average Bonchev–Trinajstić information content (AvgIpc) is 2.24. The minimum atomic E-state index is -2.83. The molecule has 0 aliphatic heterocycles. The molecule has 7 heteroatoms. The quantitative estimate of drug-likeness (QED) is 0.590. The normalized spacial score (nSPS) is 17.0. The van der Waals surface area contributed by atoms with E-state index in [2.05, 4.69) is 5.09 Å². The van der Waals surface area contributed by atoms with Crippen LogP contribution in [0.1, 0.15) is 20.8 Å². The van der Waals surface area contributed by atoms with E-state index in [-0.39, 0.29) is 6.04 Å². The minimum absolute atomic E-state index is 0.00241. The molecule has 0 aromatic heterocycles. The summed E-state index contributed by atoms with van der Waals surface area (Å²) in [6.07, 6.45) is 0. The standard InChI is InChI=1S/C9H23N2O3PS/c1-4-13-8-9(3)11-15(12,14-5-2)16-7-6-10/h9H,4-8,10H2,1-3H3,(H,11,12)/t9-,15?/m0/s1. The van der Waals surface area contributed by atoms with Crippen LogP contribution in [0.5, 0.6) is 0 Å². The number of hydrogen-bond acceptors (Lipinski definition) is 5.